The van der Waals surface area contributed by atoms with Crippen molar-refractivity contribution in [2.24, 2.45) is 5.73 Å². The lowest BCUT2D eigenvalue weighted by molar-refractivity contribution is 0.573. The normalized spacial score (nSPS) is 16.1. The van der Waals surface area contributed by atoms with Crippen LogP contribution in [0.4, 0.5) is 0 Å². The van der Waals surface area contributed by atoms with Crippen molar-refractivity contribution in [1.29, 1.82) is 5.41 Å². The van der Waals surface area contributed by atoms with Crippen molar-refractivity contribution >= 4 is 61.2 Å². The maximum atomic E-state index is 7.70. The largest absolute Gasteiger partial charge is 0.385 e. The van der Waals surface area contributed by atoms with Gasteiger partial charge in [0.05, 0.1) is 22.1 Å². The molecule has 0 amide bonds. The number of nitrogens with one attached hydrogen (secondary N) is 2. The van der Waals surface area contributed by atoms with Gasteiger partial charge >= 0.3 is 0 Å². The van der Waals surface area contributed by atoms with Gasteiger partial charge in [0, 0.05) is 40.2 Å². The van der Waals surface area contributed by atoms with Crippen LogP contribution in [0.2, 0.25) is 0 Å². The van der Waals surface area contributed by atoms with Crippen molar-refractivity contribution in [3.8, 4) is 22.3 Å². The van der Waals surface area contributed by atoms with E-state index < -0.39 is 0 Å². The number of aromatic nitrogens is 3. The molecule has 1 atom stereocenters. The summed E-state index contributed by atoms with van der Waals surface area (Å²) in [5.41, 5.74) is 23.3. The van der Waals surface area contributed by atoms with E-state index in [1.165, 1.54) is 66.8 Å². The molecule has 0 bridgehead atoms. The Morgan fingerprint density at radius 3 is 2.24 bits per heavy atom. The van der Waals surface area contributed by atoms with Crippen LogP contribution < -0.4 is 11.1 Å². The van der Waals surface area contributed by atoms with Gasteiger partial charge in [-0.15, -0.1) is 0 Å². The number of hydrogen-bond acceptors (Lipinski definition) is 4. The summed E-state index contributed by atoms with van der Waals surface area (Å²) >= 11 is 0. The Hall–Kier alpha value is -6.66. The van der Waals surface area contributed by atoms with Crippen LogP contribution >= 0.6 is 0 Å². The number of benzene rings is 4. The Morgan fingerprint density at radius 1 is 0.852 bits per heavy atom. The molecule has 3 aromatic heterocycles. The third-order valence-electron chi connectivity index (χ3n) is 11.2. The summed E-state index contributed by atoms with van der Waals surface area (Å²) in [7, 11) is 0. The van der Waals surface area contributed by atoms with Crippen molar-refractivity contribution in [3.05, 3.63) is 162 Å². The molecule has 54 heavy (non-hydrogen) atoms. The minimum absolute atomic E-state index is 0.0240. The fourth-order valence-electron chi connectivity index (χ4n) is 8.45. The van der Waals surface area contributed by atoms with Crippen LogP contribution in [-0.2, 0) is 12.8 Å². The molecule has 0 fully saturated rings. The number of hydrogen-bond donors (Lipinski definition) is 3. The molecule has 1 unspecified atom stereocenters. The summed E-state index contributed by atoms with van der Waals surface area (Å²) in [5, 5.41) is 16.1. The van der Waals surface area contributed by atoms with Gasteiger partial charge in [0.25, 0.3) is 0 Å². The molecule has 0 spiro atoms. The highest BCUT2D eigenvalue weighted by Crippen LogP contribution is 2.44. The SMILES string of the molecule is C=C/C(=C\C=N)c1ccc2c(c1)c1cc3c(cc1n2/C(N)=C/C(C)=C\C)-c1cc2c(cc1CC3)c1cc(-c3ccncc3)ccc1n2C1C=C(C)C=CN1. The molecule has 1 aliphatic heterocycles. The van der Waals surface area contributed by atoms with Gasteiger partial charge in [-0.1, -0.05) is 36.4 Å². The standard InChI is InChI=1S/C48H42N6/c1-5-29(3)21-47(50)53-43-11-9-33(31(6-2)13-17-49)23-39(43)41-25-35-7-8-36-26-42-40-24-34(32-15-18-51-19-16-32)10-12-44(40)54(48-22-30(4)14-20-52-48)46(42)28-38(36)37(35)27-45(41)53/h5-6,9-28,48-49,52H,2,7-8,50H2,1,3-4H3/b29-5-,31-13+,47-21+,49-17?. The second kappa shape index (κ2) is 13.1. The monoisotopic (exact) mass is 702 g/mol. The smallest absolute Gasteiger partial charge is 0.123 e. The second-order valence-corrected chi connectivity index (χ2v) is 14.4. The Kier molecular flexibility index (Phi) is 8.04. The van der Waals surface area contributed by atoms with E-state index in [1.54, 1.807) is 6.08 Å². The number of rotatable bonds is 7. The van der Waals surface area contributed by atoms with Gasteiger partial charge in [0.1, 0.15) is 12.0 Å². The zero-order chi connectivity index (χ0) is 37.1. The number of fused-ring (bicyclic) bond motifs is 9. The highest BCUT2D eigenvalue weighted by molar-refractivity contribution is 6.14. The number of nitrogens with two attached hydrogens (primary N) is 1. The summed E-state index contributed by atoms with van der Waals surface area (Å²) in [4.78, 5) is 4.25. The van der Waals surface area contributed by atoms with Gasteiger partial charge in [-0.2, -0.15) is 0 Å². The predicted octanol–water partition coefficient (Wildman–Crippen LogP) is 11.2. The van der Waals surface area contributed by atoms with E-state index in [0.29, 0.717) is 5.82 Å². The molecule has 6 nitrogen and oxygen atoms in total. The van der Waals surface area contributed by atoms with Crippen molar-refractivity contribution in [2.45, 2.75) is 39.8 Å². The maximum Gasteiger partial charge on any atom is 0.123 e. The first kappa shape index (κ1) is 33.2. The molecule has 2 aliphatic rings. The molecule has 9 rings (SSSR count). The average molecular weight is 703 g/mol. The van der Waals surface area contributed by atoms with Crippen LogP contribution in [0.5, 0.6) is 0 Å². The van der Waals surface area contributed by atoms with E-state index in [0.717, 1.165) is 51.5 Å². The first-order valence-electron chi connectivity index (χ1n) is 18.5. The van der Waals surface area contributed by atoms with Gasteiger partial charge in [0.2, 0.25) is 0 Å². The highest BCUT2D eigenvalue weighted by atomic mass is 15.2. The van der Waals surface area contributed by atoms with Crippen LogP contribution in [0.1, 0.15) is 43.6 Å². The van der Waals surface area contributed by atoms with Crippen LogP contribution in [0.3, 0.4) is 0 Å². The maximum absolute atomic E-state index is 7.70. The summed E-state index contributed by atoms with van der Waals surface area (Å²) in [5.74, 6) is 0.674. The summed E-state index contributed by atoms with van der Waals surface area (Å²) in [6, 6.07) is 27.1. The molecule has 4 aromatic carbocycles. The molecule has 0 radical (unpaired) electrons. The number of allylic oxidation sites excluding steroid dienone is 8. The van der Waals surface area contributed by atoms with E-state index in [4.69, 9.17) is 11.1 Å². The van der Waals surface area contributed by atoms with Crippen LogP contribution in [-0.4, -0.2) is 20.3 Å². The highest BCUT2D eigenvalue weighted by Gasteiger charge is 2.25. The molecule has 7 aromatic rings. The lowest BCUT2D eigenvalue weighted by Gasteiger charge is -2.24. The molecule has 0 saturated heterocycles. The number of nitrogens with zero attached hydrogens (tertiary/aromatic N) is 3. The summed E-state index contributed by atoms with van der Waals surface area (Å²) in [6.45, 7) is 10.3. The number of dihydropyridines is 1. The van der Waals surface area contributed by atoms with Crippen LogP contribution in [0.25, 0.3) is 77.3 Å². The lowest BCUT2D eigenvalue weighted by atomic mass is 9.84. The quantitative estimate of drug-likeness (QED) is 0.114. The Balaban J connectivity index is 1.31. The zero-order valence-electron chi connectivity index (χ0n) is 30.8. The van der Waals surface area contributed by atoms with Gasteiger partial charge in [-0.05, 0) is 175 Å². The van der Waals surface area contributed by atoms with Gasteiger partial charge < -0.3 is 21.0 Å². The number of pyridine rings is 1. The van der Waals surface area contributed by atoms with Gasteiger partial charge in [-0.3, -0.25) is 9.55 Å². The summed E-state index contributed by atoms with van der Waals surface area (Å²) in [6.07, 6.45) is 21.1. The third-order valence-corrected chi connectivity index (χ3v) is 11.2. The molecule has 264 valence electrons. The van der Waals surface area contributed by atoms with Gasteiger partial charge in [0.15, 0.2) is 0 Å². The first-order chi connectivity index (χ1) is 26.4. The second-order valence-electron chi connectivity index (χ2n) is 14.4. The fourth-order valence-corrected chi connectivity index (χ4v) is 8.45. The molecule has 4 heterocycles. The van der Waals surface area contributed by atoms with Crippen molar-refractivity contribution in [3.63, 3.8) is 0 Å². The van der Waals surface area contributed by atoms with Gasteiger partial charge in [-0.25, -0.2) is 0 Å². The van der Waals surface area contributed by atoms with E-state index in [2.05, 4.69) is 137 Å². The molecule has 0 saturated carbocycles. The molecule has 6 heteroatoms. The summed E-state index contributed by atoms with van der Waals surface area (Å²) < 4.78 is 4.66. The van der Waals surface area contributed by atoms with Crippen molar-refractivity contribution < 1.29 is 0 Å². The topological polar surface area (TPSA) is 84.7 Å². The average Bonchev–Trinajstić information content (AvgIpc) is 3.69. The fraction of sp³-hybridized carbons (Fsp3) is 0.125. The Morgan fingerprint density at radius 2 is 1.54 bits per heavy atom. The molecular weight excluding hydrogens is 661 g/mol. The van der Waals surface area contributed by atoms with Crippen molar-refractivity contribution in [2.75, 3.05) is 0 Å². The van der Waals surface area contributed by atoms with E-state index in [1.807, 2.05) is 31.5 Å². The van der Waals surface area contributed by atoms with E-state index >= 15 is 0 Å². The minimum Gasteiger partial charge on any atom is -0.385 e. The predicted molar refractivity (Wildman–Crippen MR) is 228 cm³/mol. The van der Waals surface area contributed by atoms with Crippen molar-refractivity contribution in [1.82, 2.24) is 19.4 Å². The third kappa shape index (κ3) is 5.33. The molecule has 1 aliphatic carbocycles. The van der Waals surface area contributed by atoms with Crippen LogP contribution in [0.15, 0.2) is 146 Å². The lowest BCUT2D eigenvalue weighted by Crippen LogP contribution is -2.22. The first-order valence-corrected chi connectivity index (χ1v) is 18.5. The van der Waals surface area contributed by atoms with Crippen LogP contribution in [0, 0.1) is 5.41 Å². The minimum atomic E-state index is -0.0240. The Labute approximate surface area is 315 Å². The number of aryl methyl sites for hydroxylation is 2. The molecule has 4 N–H and O–H groups in total. The zero-order valence-corrected chi connectivity index (χ0v) is 30.8. The van der Waals surface area contributed by atoms with E-state index in [9.17, 15) is 0 Å². The Bertz CT molecular complexity index is 2870. The van der Waals surface area contributed by atoms with E-state index in [-0.39, 0.29) is 6.17 Å². The molecular formula is C48H42N6.